The van der Waals surface area contributed by atoms with E-state index < -0.39 is 10.0 Å². The normalized spacial score (nSPS) is 16.5. The van der Waals surface area contributed by atoms with Crippen LogP contribution < -0.4 is 5.32 Å². The van der Waals surface area contributed by atoms with Crippen molar-refractivity contribution >= 4 is 15.9 Å². The molecular formula is C17H22N4O4S. The largest absolute Gasteiger partial charge is 0.419 e. The van der Waals surface area contributed by atoms with E-state index in [-0.39, 0.29) is 18.4 Å². The van der Waals surface area contributed by atoms with Gasteiger partial charge in [-0.05, 0) is 31.9 Å². The van der Waals surface area contributed by atoms with E-state index in [1.54, 1.807) is 0 Å². The maximum Gasteiger partial charge on any atom is 0.247 e. The molecule has 1 aromatic heterocycles. The van der Waals surface area contributed by atoms with Gasteiger partial charge >= 0.3 is 0 Å². The van der Waals surface area contributed by atoms with Crippen molar-refractivity contribution in [1.29, 1.82) is 0 Å². The predicted octanol–water partition coefficient (Wildman–Crippen LogP) is 1.33. The summed E-state index contributed by atoms with van der Waals surface area (Å²) >= 11 is 0. The van der Waals surface area contributed by atoms with Crippen molar-refractivity contribution in [3.8, 4) is 11.5 Å². The topological polar surface area (TPSA) is 105 Å². The van der Waals surface area contributed by atoms with E-state index >= 15 is 0 Å². The molecule has 140 valence electrons. The maximum absolute atomic E-state index is 12.3. The van der Waals surface area contributed by atoms with Gasteiger partial charge in [0.15, 0.2) is 0 Å². The molecule has 9 heteroatoms. The number of hydrogen-bond acceptors (Lipinski definition) is 6. The van der Waals surface area contributed by atoms with Gasteiger partial charge in [-0.25, -0.2) is 12.7 Å². The third-order valence-electron chi connectivity index (χ3n) is 4.44. The number of benzene rings is 1. The van der Waals surface area contributed by atoms with E-state index in [9.17, 15) is 13.2 Å². The van der Waals surface area contributed by atoms with Crippen LogP contribution in [0.25, 0.3) is 11.5 Å². The van der Waals surface area contributed by atoms with Gasteiger partial charge in [-0.2, -0.15) is 0 Å². The number of aryl methyl sites for hydroxylation is 1. The minimum absolute atomic E-state index is 0.117. The van der Waals surface area contributed by atoms with Crippen LogP contribution in [0.4, 0.5) is 0 Å². The monoisotopic (exact) mass is 378 g/mol. The Kier molecular flexibility index (Phi) is 5.38. The number of nitrogens with zero attached hydrogens (tertiary/aromatic N) is 3. The summed E-state index contributed by atoms with van der Waals surface area (Å²) in [5.74, 6) is 0.434. The number of hydrogen-bond donors (Lipinski definition) is 1. The molecule has 0 aliphatic carbocycles. The summed E-state index contributed by atoms with van der Waals surface area (Å²) in [6, 6.07) is 7.74. The van der Waals surface area contributed by atoms with Crippen molar-refractivity contribution in [3.05, 3.63) is 35.7 Å². The van der Waals surface area contributed by atoms with Gasteiger partial charge in [0.25, 0.3) is 0 Å². The fourth-order valence-corrected chi connectivity index (χ4v) is 3.85. The lowest BCUT2D eigenvalue weighted by Gasteiger charge is -2.29. The van der Waals surface area contributed by atoms with Crippen LogP contribution in [0.1, 0.15) is 24.3 Å². The molecule has 0 spiro atoms. The molecule has 1 aliphatic heterocycles. The van der Waals surface area contributed by atoms with E-state index in [0.29, 0.717) is 37.7 Å². The van der Waals surface area contributed by atoms with Crippen LogP contribution in [0.5, 0.6) is 0 Å². The number of sulfonamides is 1. The lowest BCUT2D eigenvalue weighted by atomic mass is 9.97. The Labute approximate surface area is 152 Å². The van der Waals surface area contributed by atoms with Crippen LogP contribution in [-0.2, 0) is 21.4 Å². The second kappa shape index (κ2) is 7.55. The number of nitrogens with one attached hydrogen (secondary N) is 1. The molecule has 3 rings (SSSR count). The average Bonchev–Trinajstić information content (AvgIpc) is 3.08. The van der Waals surface area contributed by atoms with Gasteiger partial charge in [0.1, 0.15) is 0 Å². The van der Waals surface area contributed by atoms with Gasteiger partial charge in [-0.3, -0.25) is 4.79 Å². The highest BCUT2D eigenvalue weighted by molar-refractivity contribution is 7.88. The standard InChI is InChI=1S/C17H22N4O4S/c1-12-4-3-5-14(10-12)17-20-19-15(25-17)11-18-16(22)13-6-8-21(9-7-13)26(2,23)24/h3-5,10,13H,6-9,11H2,1-2H3,(H,18,22). The van der Waals surface area contributed by atoms with E-state index in [4.69, 9.17) is 4.42 Å². The molecule has 0 bridgehead atoms. The summed E-state index contributed by atoms with van der Waals surface area (Å²) in [4.78, 5) is 12.3. The van der Waals surface area contributed by atoms with Crippen LogP contribution in [0.2, 0.25) is 0 Å². The molecule has 8 nitrogen and oxygen atoms in total. The van der Waals surface area contributed by atoms with Gasteiger partial charge in [-0.15, -0.1) is 10.2 Å². The molecule has 0 saturated carbocycles. The fourth-order valence-electron chi connectivity index (χ4n) is 2.98. The number of piperidine rings is 1. The van der Waals surface area contributed by atoms with E-state index in [1.807, 2.05) is 31.2 Å². The lowest BCUT2D eigenvalue weighted by Crippen LogP contribution is -2.42. The Hall–Kier alpha value is -2.26. The van der Waals surface area contributed by atoms with Crippen molar-refractivity contribution < 1.29 is 17.6 Å². The molecule has 2 heterocycles. The van der Waals surface area contributed by atoms with Crippen molar-refractivity contribution in [1.82, 2.24) is 19.8 Å². The number of amides is 1. The molecule has 2 aromatic rings. The van der Waals surface area contributed by atoms with Crippen LogP contribution >= 0.6 is 0 Å². The van der Waals surface area contributed by atoms with Gasteiger partial charge < -0.3 is 9.73 Å². The Morgan fingerprint density at radius 2 is 2.04 bits per heavy atom. The first-order valence-corrected chi connectivity index (χ1v) is 10.3. The highest BCUT2D eigenvalue weighted by Gasteiger charge is 2.28. The fraction of sp³-hybridized carbons (Fsp3) is 0.471. The Morgan fingerprint density at radius 3 is 2.69 bits per heavy atom. The first kappa shape index (κ1) is 18.5. The molecule has 1 saturated heterocycles. The average molecular weight is 378 g/mol. The summed E-state index contributed by atoms with van der Waals surface area (Å²) in [7, 11) is -3.19. The molecule has 1 aromatic carbocycles. The molecule has 0 unspecified atom stereocenters. The Morgan fingerprint density at radius 1 is 1.31 bits per heavy atom. The summed E-state index contributed by atoms with van der Waals surface area (Å²) in [6.45, 7) is 2.88. The molecule has 1 fully saturated rings. The highest BCUT2D eigenvalue weighted by Crippen LogP contribution is 2.20. The lowest BCUT2D eigenvalue weighted by molar-refractivity contribution is -0.126. The van der Waals surface area contributed by atoms with E-state index in [2.05, 4.69) is 15.5 Å². The highest BCUT2D eigenvalue weighted by atomic mass is 32.2. The first-order valence-electron chi connectivity index (χ1n) is 8.45. The first-order chi connectivity index (χ1) is 12.3. The molecule has 1 amide bonds. The predicted molar refractivity (Wildman–Crippen MR) is 95.5 cm³/mol. The Balaban J connectivity index is 1.53. The van der Waals surface area contributed by atoms with Crippen LogP contribution in [0.3, 0.4) is 0 Å². The number of rotatable bonds is 5. The van der Waals surface area contributed by atoms with Crippen LogP contribution in [0.15, 0.2) is 28.7 Å². The maximum atomic E-state index is 12.3. The molecule has 0 radical (unpaired) electrons. The second-order valence-corrected chi connectivity index (χ2v) is 8.51. The molecular weight excluding hydrogens is 356 g/mol. The zero-order valence-electron chi connectivity index (χ0n) is 14.8. The SMILES string of the molecule is Cc1cccc(-c2nnc(CNC(=O)C3CCN(S(C)(=O)=O)CC3)o2)c1. The van der Waals surface area contributed by atoms with E-state index in [0.717, 1.165) is 11.1 Å². The van der Waals surface area contributed by atoms with Gasteiger partial charge in [0.2, 0.25) is 27.7 Å². The summed E-state index contributed by atoms with van der Waals surface area (Å²) < 4.78 is 30.0. The molecule has 1 N–H and O–H groups in total. The van der Waals surface area contributed by atoms with Crippen molar-refractivity contribution in [2.45, 2.75) is 26.3 Å². The third kappa shape index (κ3) is 4.47. The van der Waals surface area contributed by atoms with Crippen LogP contribution in [-0.4, -0.2) is 48.2 Å². The molecule has 26 heavy (non-hydrogen) atoms. The van der Waals surface area contributed by atoms with Crippen molar-refractivity contribution in [2.75, 3.05) is 19.3 Å². The zero-order chi connectivity index (χ0) is 18.7. The minimum atomic E-state index is -3.19. The Bertz CT molecular complexity index is 886. The number of carbonyl (C=O) groups is 1. The minimum Gasteiger partial charge on any atom is -0.419 e. The summed E-state index contributed by atoms with van der Waals surface area (Å²) in [6.07, 6.45) is 2.21. The molecule has 1 aliphatic rings. The number of aromatic nitrogens is 2. The summed E-state index contributed by atoms with van der Waals surface area (Å²) in [5, 5.41) is 10.8. The van der Waals surface area contributed by atoms with Crippen LogP contribution in [0, 0.1) is 12.8 Å². The van der Waals surface area contributed by atoms with Crippen molar-refractivity contribution in [3.63, 3.8) is 0 Å². The van der Waals surface area contributed by atoms with Gasteiger partial charge in [0, 0.05) is 24.6 Å². The van der Waals surface area contributed by atoms with E-state index in [1.165, 1.54) is 10.6 Å². The van der Waals surface area contributed by atoms with Gasteiger partial charge in [0.05, 0.1) is 12.8 Å². The molecule has 0 atom stereocenters. The summed E-state index contributed by atoms with van der Waals surface area (Å²) in [5.41, 5.74) is 1.93. The van der Waals surface area contributed by atoms with Gasteiger partial charge in [-0.1, -0.05) is 17.7 Å². The second-order valence-electron chi connectivity index (χ2n) is 6.52. The number of carbonyl (C=O) groups excluding carboxylic acids is 1. The quantitative estimate of drug-likeness (QED) is 0.841. The zero-order valence-corrected chi connectivity index (χ0v) is 15.6. The smallest absolute Gasteiger partial charge is 0.247 e. The third-order valence-corrected chi connectivity index (χ3v) is 5.74. The van der Waals surface area contributed by atoms with Crippen molar-refractivity contribution in [2.24, 2.45) is 5.92 Å².